The van der Waals surface area contributed by atoms with E-state index in [0.717, 1.165) is 13.0 Å². The van der Waals surface area contributed by atoms with Gasteiger partial charge in [0.15, 0.2) is 0 Å². The third kappa shape index (κ3) is 1.85. The molecule has 0 heterocycles. The van der Waals surface area contributed by atoms with E-state index in [1.54, 1.807) is 0 Å². The Morgan fingerprint density at radius 3 is 3.08 bits per heavy atom. The van der Waals surface area contributed by atoms with E-state index >= 15 is 0 Å². The van der Waals surface area contributed by atoms with Gasteiger partial charge in [0.1, 0.15) is 0 Å². The molecule has 2 unspecified atom stereocenters. The Labute approximate surface area is 79.8 Å². The summed E-state index contributed by atoms with van der Waals surface area (Å²) in [6.07, 6.45) is 13.5. The number of allylic oxidation sites excluding steroid dienone is 6. The van der Waals surface area contributed by atoms with Gasteiger partial charge in [0.05, 0.1) is 12.4 Å². The van der Waals surface area contributed by atoms with Crippen molar-refractivity contribution in [2.75, 3.05) is 6.61 Å². The molecule has 13 heavy (non-hydrogen) atoms. The predicted molar refractivity (Wildman–Crippen MR) is 54.2 cm³/mol. The zero-order chi connectivity index (χ0) is 9.10. The van der Waals surface area contributed by atoms with E-state index in [0.29, 0.717) is 11.8 Å². The van der Waals surface area contributed by atoms with Gasteiger partial charge < -0.3 is 4.74 Å². The molecule has 0 fully saturated rings. The Bertz CT molecular complexity index is 260. The maximum absolute atomic E-state index is 5.53. The van der Waals surface area contributed by atoms with E-state index in [-0.39, 0.29) is 0 Å². The molecule has 2 aliphatic rings. The quantitative estimate of drug-likeness (QED) is 0.628. The van der Waals surface area contributed by atoms with Crippen molar-refractivity contribution in [1.29, 1.82) is 0 Å². The lowest BCUT2D eigenvalue weighted by Gasteiger charge is -2.27. The second-order valence-corrected chi connectivity index (χ2v) is 3.62. The molecule has 2 atom stereocenters. The molecule has 0 aromatic carbocycles. The summed E-state index contributed by atoms with van der Waals surface area (Å²) in [6.45, 7) is 2.84. The lowest BCUT2D eigenvalue weighted by Crippen LogP contribution is -2.16. The van der Waals surface area contributed by atoms with E-state index in [9.17, 15) is 0 Å². The molecule has 1 heteroatoms. The van der Waals surface area contributed by atoms with Crippen LogP contribution < -0.4 is 0 Å². The van der Waals surface area contributed by atoms with Crippen LogP contribution in [0.1, 0.15) is 19.8 Å². The van der Waals surface area contributed by atoms with Gasteiger partial charge >= 0.3 is 0 Å². The lowest BCUT2D eigenvalue weighted by molar-refractivity contribution is 0.201. The van der Waals surface area contributed by atoms with Gasteiger partial charge in [0.2, 0.25) is 0 Å². The third-order valence-corrected chi connectivity index (χ3v) is 2.73. The average molecular weight is 176 g/mol. The van der Waals surface area contributed by atoms with Gasteiger partial charge in [-0.05, 0) is 25.3 Å². The van der Waals surface area contributed by atoms with E-state index in [1.807, 2.05) is 6.92 Å². The van der Waals surface area contributed by atoms with Crippen molar-refractivity contribution < 1.29 is 4.74 Å². The highest BCUT2D eigenvalue weighted by molar-refractivity contribution is 5.22. The van der Waals surface area contributed by atoms with Crippen LogP contribution in [0.5, 0.6) is 0 Å². The van der Waals surface area contributed by atoms with Crippen LogP contribution in [-0.4, -0.2) is 6.61 Å². The first-order valence-corrected chi connectivity index (χ1v) is 5.08. The van der Waals surface area contributed by atoms with Gasteiger partial charge in [-0.15, -0.1) is 0 Å². The largest absolute Gasteiger partial charge is 0.499 e. The molecule has 0 spiro atoms. The molecule has 1 nitrogen and oxygen atoms in total. The zero-order valence-corrected chi connectivity index (χ0v) is 8.07. The molecule has 0 saturated carbocycles. The van der Waals surface area contributed by atoms with Crippen LogP contribution in [-0.2, 0) is 4.74 Å². The second-order valence-electron chi connectivity index (χ2n) is 3.62. The molecule has 0 bridgehead atoms. The number of fused-ring (bicyclic) bond motifs is 1. The first kappa shape index (κ1) is 8.61. The lowest BCUT2D eigenvalue weighted by atomic mass is 9.81. The van der Waals surface area contributed by atoms with Gasteiger partial charge in [-0.2, -0.15) is 0 Å². The standard InChI is InChI=1S/C12H16O/c1-2-13-12-8-7-10-5-3-4-6-11(10)9-12/h3-6,9-11H,2,7-8H2,1H3. The molecule has 0 radical (unpaired) electrons. The Balaban J connectivity index is 2.08. The summed E-state index contributed by atoms with van der Waals surface area (Å²) in [7, 11) is 0. The van der Waals surface area contributed by atoms with Crippen LogP contribution in [0.3, 0.4) is 0 Å². The van der Waals surface area contributed by atoms with Gasteiger partial charge in [-0.25, -0.2) is 0 Å². The molecular weight excluding hydrogens is 160 g/mol. The van der Waals surface area contributed by atoms with Gasteiger partial charge in [0.25, 0.3) is 0 Å². The average Bonchev–Trinajstić information content (AvgIpc) is 2.18. The van der Waals surface area contributed by atoms with Crippen molar-refractivity contribution in [2.24, 2.45) is 11.8 Å². The maximum atomic E-state index is 5.53. The molecular formula is C12H16O. The Morgan fingerprint density at radius 2 is 2.23 bits per heavy atom. The van der Waals surface area contributed by atoms with Crippen LogP contribution in [0, 0.1) is 11.8 Å². The highest BCUT2D eigenvalue weighted by Crippen LogP contribution is 2.32. The minimum atomic E-state index is 0.584. The molecule has 0 saturated heterocycles. The molecule has 2 rings (SSSR count). The molecule has 70 valence electrons. The highest BCUT2D eigenvalue weighted by Gasteiger charge is 2.22. The van der Waals surface area contributed by atoms with Gasteiger partial charge in [0, 0.05) is 12.3 Å². The fraction of sp³-hybridized carbons (Fsp3) is 0.500. The second kappa shape index (κ2) is 3.82. The summed E-state index contributed by atoms with van der Waals surface area (Å²) in [4.78, 5) is 0. The van der Waals surface area contributed by atoms with Crippen LogP contribution >= 0.6 is 0 Å². The number of ether oxygens (including phenoxy) is 1. The van der Waals surface area contributed by atoms with Crippen LogP contribution in [0.15, 0.2) is 36.1 Å². The molecule has 0 aromatic rings. The van der Waals surface area contributed by atoms with Crippen molar-refractivity contribution in [3.8, 4) is 0 Å². The van der Waals surface area contributed by atoms with Crippen molar-refractivity contribution in [1.82, 2.24) is 0 Å². The van der Waals surface area contributed by atoms with Crippen LogP contribution in [0.25, 0.3) is 0 Å². The van der Waals surface area contributed by atoms with Crippen LogP contribution in [0.4, 0.5) is 0 Å². The van der Waals surface area contributed by atoms with Crippen LogP contribution in [0.2, 0.25) is 0 Å². The molecule has 0 amide bonds. The smallest absolute Gasteiger partial charge is 0.0926 e. The minimum Gasteiger partial charge on any atom is -0.499 e. The molecule has 0 aromatic heterocycles. The van der Waals surface area contributed by atoms with E-state index in [4.69, 9.17) is 4.74 Å². The van der Waals surface area contributed by atoms with Crippen molar-refractivity contribution in [3.05, 3.63) is 36.1 Å². The van der Waals surface area contributed by atoms with Crippen molar-refractivity contribution in [3.63, 3.8) is 0 Å². The number of hydrogen-bond donors (Lipinski definition) is 0. The van der Waals surface area contributed by atoms with Gasteiger partial charge in [-0.3, -0.25) is 0 Å². The normalized spacial score (nSPS) is 31.0. The van der Waals surface area contributed by atoms with Gasteiger partial charge in [-0.1, -0.05) is 24.3 Å². The summed E-state index contributed by atoms with van der Waals surface area (Å²) in [5.74, 6) is 2.48. The van der Waals surface area contributed by atoms with E-state index in [1.165, 1.54) is 12.2 Å². The summed E-state index contributed by atoms with van der Waals surface area (Å²) in [6, 6.07) is 0. The van der Waals surface area contributed by atoms with E-state index < -0.39 is 0 Å². The number of rotatable bonds is 2. The summed E-state index contributed by atoms with van der Waals surface area (Å²) in [5.41, 5.74) is 0. The monoisotopic (exact) mass is 176 g/mol. The van der Waals surface area contributed by atoms with Crippen molar-refractivity contribution in [2.45, 2.75) is 19.8 Å². The number of hydrogen-bond acceptors (Lipinski definition) is 1. The predicted octanol–water partition coefficient (Wildman–Crippen LogP) is 3.06. The minimum absolute atomic E-state index is 0.584. The Morgan fingerprint density at radius 1 is 1.38 bits per heavy atom. The SMILES string of the molecule is CCOC1=CC2C=CC=CC2CC1. The maximum Gasteiger partial charge on any atom is 0.0926 e. The highest BCUT2D eigenvalue weighted by atomic mass is 16.5. The summed E-state index contributed by atoms with van der Waals surface area (Å²) >= 11 is 0. The fourth-order valence-corrected chi connectivity index (χ4v) is 2.05. The Hall–Kier alpha value is -0.980. The molecule has 0 aliphatic heterocycles. The summed E-state index contributed by atoms with van der Waals surface area (Å²) < 4.78 is 5.53. The topological polar surface area (TPSA) is 9.23 Å². The molecule has 0 N–H and O–H groups in total. The Kier molecular flexibility index (Phi) is 2.53. The zero-order valence-electron chi connectivity index (χ0n) is 8.07. The fourth-order valence-electron chi connectivity index (χ4n) is 2.05. The van der Waals surface area contributed by atoms with E-state index in [2.05, 4.69) is 30.4 Å². The first-order chi connectivity index (χ1) is 6.40. The van der Waals surface area contributed by atoms with Crippen molar-refractivity contribution >= 4 is 0 Å². The summed E-state index contributed by atoms with van der Waals surface area (Å²) in [5, 5.41) is 0. The first-order valence-electron chi connectivity index (χ1n) is 5.08. The third-order valence-electron chi connectivity index (χ3n) is 2.73. The molecule has 2 aliphatic carbocycles.